The van der Waals surface area contributed by atoms with Gasteiger partial charge in [0.05, 0.1) is 0 Å². The van der Waals surface area contributed by atoms with Gasteiger partial charge in [0.1, 0.15) is 12.1 Å². The van der Waals surface area contributed by atoms with Gasteiger partial charge in [0.2, 0.25) is 0 Å². The molecule has 2 heterocycles. The molecule has 2 N–H and O–H groups in total. The van der Waals surface area contributed by atoms with Crippen LogP contribution in [0, 0.1) is 6.92 Å². The zero-order valence-corrected chi connectivity index (χ0v) is 16.4. The predicted octanol–water partition coefficient (Wildman–Crippen LogP) is 0.246. The Labute approximate surface area is 167 Å². The van der Waals surface area contributed by atoms with Crippen LogP contribution >= 0.6 is 0 Å². The molecule has 2 fully saturated rings. The van der Waals surface area contributed by atoms with Crippen LogP contribution in [0.5, 0.6) is 0 Å². The third-order valence-electron chi connectivity index (χ3n) is 4.97. The Balaban J connectivity index is 1.65. The molecule has 1 aromatic rings. The maximum absolute atomic E-state index is 12.8. The van der Waals surface area contributed by atoms with Gasteiger partial charge in [-0.1, -0.05) is 29.8 Å². The van der Waals surface area contributed by atoms with Gasteiger partial charge in [-0.15, -0.1) is 0 Å². The molecule has 29 heavy (non-hydrogen) atoms. The van der Waals surface area contributed by atoms with Crippen LogP contribution in [0.15, 0.2) is 24.3 Å². The lowest BCUT2D eigenvalue weighted by atomic mass is 9.91. The lowest BCUT2D eigenvalue weighted by Crippen LogP contribution is -2.44. The maximum Gasteiger partial charge on any atom is 0.327 e. The molecule has 6 amide bonds. The summed E-state index contributed by atoms with van der Waals surface area (Å²) in [6, 6.07) is 5.82. The topological polar surface area (TPSA) is 125 Å². The van der Waals surface area contributed by atoms with Gasteiger partial charge >= 0.3 is 18.0 Å². The SMILES string of the molecule is Cc1ccc([C@@]2(C)NC(=O)N(CC(=O)O[C@@H](C)C(=O)N3CCNC3=O)C2=O)cc1. The number of amides is 6. The third-order valence-corrected chi connectivity index (χ3v) is 4.97. The Bertz CT molecular complexity index is 883. The normalized spacial score (nSPS) is 22.4. The van der Waals surface area contributed by atoms with Gasteiger partial charge in [-0.3, -0.25) is 24.2 Å². The number of esters is 1. The van der Waals surface area contributed by atoms with Gasteiger partial charge in [0, 0.05) is 13.1 Å². The molecule has 1 aromatic carbocycles. The van der Waals surface area contributed by atoms with Crippen molar-refractivity contribution >= 4 is 29.8 Å². The zero-order chi connectivity index (χ0) is 21.3. The number of urea groups is 2. The van der Waals surface area contributed by atoms with Crippen molar-refractivity contribution in [1.29, 1.82) is 0 Å². The van der Waals surface area contributed by atoms with Crippen LogP contribution in [0.1, 0.15) is 25.0 Å². The highest BCUT2D eigenvalue weighted by molar-refractivity contribution is 6.09. The van der Waals surface area contributed by atoms with Crippen molar-refractivity contribution in [2.45, 2.75) is 32.4 Å². The number of rotatable bonds is 5. The van der Waals surface area contributed by atoms with Crippen LogP contribution in [-0.4, -0.2) is 65.4 Å². The van der Waals surface area contributed by atoms with Crippen molar-refractivity contribution in [2.24, 2.45) is 0 Å². The summed E-state index contributed by atoms with van der Waals surface area (Å²) in [5.74, 6) is -2.20. The molecule has 2 saturated heterocycles. The standard InChI is InChI=1S/C19H22N4O6/c1-11-4-6-13(7-5-11)19(3)16(26)23(18(28)21-19)10-14(24)29-12(2)15(25)22-9-8-20-17(22)27/h4-7,12H,8-10H2,1-3H3,(H,20,27)(H,21,28)/t12-,19+/m0/s1. The van der Waals surface area contributed by atoms with E-state index in [4.69, 9.17) is 4.74 Å². The first-order chi connectivity index (χ1) is 13.6. The van der Waals surface area contributed by atoms with Gasteiger partial charge in [-0.25, -0.2) is 9.59 Å². The molecule has 0 aliphatic carbocycles. The molecule has 154 valence electrons. The number of carbonyl (C=O) groups excluding carboxylic acids is 5. The Morgan fingerprint density at radius 2 is 1.83 bits per heavy atom. The zero-order valence-electron chi connectivity index (χ0n) is 16.4. The number of benzene rings is 1. The molecule has 10 nitrogen and oxygen atoms in total. The molecule has 3 rings (SSSR count). The fourth-order valence-corrected chi connectivity index (χ4v) is 3.24. The van der Waals surface area contributed by atoms with Crippen molar-refractivity contribution in [1.82, 2.24) is 20.4 Å². The van der Waals surface area contributed by atoms with E-state index in [0.29, 0.717) is 12.1 Å². The van der Waals surface area contributed by atoms with E-state index in [0.717, 1.165) is 15.4 Å². The van der Waals surface area contributed by atoms with Crippen LogP contribution in [0.25, 0.3) is 0 Å². The van der Waals surface area contributed by atoms with E-state index in [9.17, 15) is 24.0 Å². The van der Waals surface area contributed by atoms with Crippen molar-refractivity contribution in [3.05, 3.63) is 35.4 Å². The highest BCUT2D eigenvalue weighted by Crippen LogP contribution is 2.29. The maximum atomic E-state index is 12.8. The average molecular weight is 402 g/mol. The summed E-state index contributed by atoms with van der Waals surface area (Å²) in [6.45, 7) is 4.65. The van der Waals surface area contributed by atoms with Crippen molar-refractivity contribution in [2.75, 3.05) is 19.6 Å². The van der Waals surface area contributed by atoms with Gasteiger partial charge < -0.3 is 15.4 Å². The van der Waals surface area contributed by atoms with E-state index in [-0.39, 0.29) is 6.54 Å². The van der Waals surface area contributed by atoms with Crippen molar-refractivity contribution in [3.8, 4) is 0 Å². The van der Waals surface area contributed by atoms with Crippen LogP contribution in [-0.2, 0) is 24.7 Å². The van der Waals surface area contributed by atoms with Crippen LogP contribution in [0.3, 0.4) is 0 Å². The minimum atomic E-state index is -1.31. The fraction of sp³-hybridized carbons (Fsp3) is 0.421. The third kappa shape index (κ3) is 3.78. The number of carbonyl (C=O) groups is 5. The highest BCUT2D eigenvalue weighted by Gasteiger charge is 2.49. The van der Waals surface area contributed by atoms with Gasteiger partial charge in [0.15, 0.2) is 6.10 Å². The summed E-state index contributed by atoms with van der Waals surface area (Å²) in [4.78, 5) is 62.8. The molecule has 0 radical (unpaired) electrons. The number of ether oxygens (including phenoxy) is 1. The molecule has 2 atom stereocenters. The van der Waals surface area contributed by atoms with E-state index < -0.39 is 48.0 Å². The second-order valence-electron chi connectivity index (χ2n) is 7.17. The average Bonchev–Trinajstić information content (AvgIpc) is 3.18. The summed E-state index contributed by atoms with van der Waals surface area (Å²) in [5, 5.41) is 5.08. The smallest absolute Gasteiger partial charge is 0.327 e. The van der Waals surface area contributed by atoms with E-state index in [1.54, 1.807) is 19.1 Å². The molecule has 0 saturated carbocycles. The summed E-state index contributed by atoms with van der Waals surface area (Å²) in [7, 11) is 0. The summed E-state index contributed by atoms with van der Waals surface area (Å²) >= 11 is 0. The number of imide groups is 2. The molecule has 0 spiro atoms. The second kappa shape index (κ2) is 7.53. The minimum absolute atomic E-state index is 0.182. The largest absolute Gasteiger partial charge is 0.451 e. The van der Waals surface area contributed by atoms with Crippen molar-refractivity contribution < 1.29 is 28.7 Å². The molecule has 2 aliphatic rings. The second-order valence-corrected chi connectivity index (χ2v) is 7.17. The van der Waals surface area contributed by atoms with Crippen LogP contribution in [0.4, 0.5) is 9.59 Å². The first kappa shape index (κ1) is 20.3. The van der Waals surface area contributed by atoms with E-state index in [1.165, 1.54) is 6.92 Å². The Morgan fingerprint density at radius 1 is 1.17 bits per heavy atom. The molecule has 0 unspecified atom stereocenters. The summed E-state index contributed by atoms with van der Waals surface area (Å²) < 4.78 is 5.04. The Kier molecular flexibility index (Phi) is 5.27. The van der Waals surface area contributed by atoms with Crippen LogP contribution in [0.2, 0.25) is 0 Å². The fourth-order valence-electron chi connectivity index (χ4n) is 3.24. The number of nitrogens with one attached hydrogen (secondary N) is 2. The highest BCUT2D eigenvalue weighted by atomic mass is 16.5. The number of aryl methyl sites for hydroxylation is 1. The Hall–Kier alpha value is -3.43. The van der Waals surface area contributed by atoms with Gasteiger partial charge in [0.25, 0.3) is 11.8 Å². The Morgan fingerprint density at radius 3 is 2.41 bits per heavy atom. The van der Waals surface area contributed by atoms with E-state index in [1.807, 2.05) is 19.1 Å². The van der Waals surface area contributed by atoms with Gasteiger partial charge in [-0.05, 0) is 26.3 Å². The number of hydrogen-bond acceptors (Lipinski definition) is 6. The lowest BCUT2D eigenvalue weighted by molar-refractivity contribution is -0.159. The number of hydrogen-bond donors (Lipinski definition) is 2. The molecule has 2 aliphatic heterocycles. The summed E-state index contributed by atoms with van der Waals surface area (Å²) in [6.07, 6.45) is -1.23. The lowest BCUT2D eigenvalue weighted by Gasteiger charge is -2.22. The first-order valence-electron chi connectivity index (χ1n) is 9.13. The minimum Gasteiger partial charge on any atom is -0.451 e. The number of nitrogens with zero attached hydrogens (tertiary/aromatic N) is 2. The van der Waals surface area contributed by atoms with E-state index in [2.05, 4.69) is 10.6 Å². The molecule has 0 aromatic heterocycles. The van der Waals surface area contributed by atoms with Crippen LogP contribution < -0.4 is 10.6 Å². The molecular weight excluding hydrogens is 380 g/mol. The van der Waals surface area contributed by atoms with Crippen molar-refractivity contribution in [3.63, 3.8) is 0 Å². The van der Waals surface area contributed by atoms with Gasteiger partial charge in [-0.2, -0.15) is 0 Å². The summed E-state index contributed by atoms with van der Waals surface area (Å²) in [5.41, 5.74) is 0.279. The molecular formula is C19H22N4O6. The van der Waals surface area contributed by atoms with E-state index >= 15 is 0 Å². The monoisotopic (exact) mass is 402 g/mol. The molecule has 0 bridgehead atoms. The first-order valence-corrected chi connectivity index (χ1v) is 9.13. The predicted molar refractivity (Wildman–Crippen MR) is 99.4 cm³/mol. The quantitative estimate of drug-likeness (QED) is 0.537. The molecule has 10 heteroatoms.